The summed E-state index contributed by atoms with van der Waals surface area (Å²) in [7, 11) is 0. The zero-order valence-electron chi connectivity index (χ0n) is 27.1. The summed E-state index contributed by atoms with van der Waals surface area (Å²) in [5, 5.41) is 2.44. The minimum absolute atomic E-state index is 0.0930. The first-order chi connectivity index (χ1) is 20.7. The molecular formula is C39H43N2O3+. The Bertz CT molecular complexity index is 1820. The van der Waals surface area contributed by atoms with Crippen molar-refractivity contribution in [1.29, 1.82) is 0 Å². The number of allylic oxidation sites excluding steroid dienone is 6. The lowest BCUT2D eigenvalue weighted by molar-refractivity contribution is -0.432. The standard InChI is InChI=1S/C39H43N2O3/c1-25(2)43-28(6)23-40-33-21-19-29-14-11-12-15-30(29)37(33)39(9,10)35(40)17-13-16-34-38(7,8)31-22-27(5)18-20-32(31)41(34)24-36(42)44-26(3)4/h11-22H,1,3,6,23-24H2,2,4-5,7-10H3/q+1. The van der Waals surface area contributed by atoms with Crippen molar-refractivity contribution in [1.82, 2.24) is 0 Å². The number of rotatable bonds is 9. The lowest BCUT2D eigenvalue weighted by Gasteiger charge is -2.26. The van der Waals surface area contributed by atoms with Gasteiger partial charge < -0.3 is 14.4 Å². The van der Waals surface area contributed by atoms with Crippen LogP contribution in [0.25, 0.3) is 10.8 Å². The average molecular weight is 588 g/mol. The van der Waals surface area contributed by atoms with Gasteiger partial charge in [-0.05, 0) is 69.2 Å². The zero-order chi connectivity index (χ0) is 32.0. The van der Waals surface area contributed by atoms with Gasteiger partial charge in [0.05, 0.1) is 16.9 Å². The van der Waals surface area contributed by atoms with Crippen molar-refractivity contribution in [2.45, 2.75) is 59.3 Å². The number of nitrogens with zero attached hydrogens (tertiary/aromatic N) is 2. The average Bonchev–Trinajstić information content (AvgIpc) is 3.26. The second kappa shape index (κ2) is 11.5. The fourth-order valence-corrected chi connectivity index (χ4v) is 6.71. The number of aryl methyl sites for hydroxylation is 1. The number of fused-ring (bicyclic) bond motifs is 4. The molecule has 0 atom stereocenters. The lowest BCUT2D eigenvalue weighted by atomic mass is 9.79. The number of benzene rings is 3. The SMILES string of the molecule is C=C(C)OC(=C)C[N+]1=C(C=CC=C2N(CC(=O)OC(=C)C)c3ccc(C)cc3C2(C)C)C(C)(C)c2c1ccc1ccccc21. The minimum Gasteiger partial charge on any atom is -0.461 e. The Labute approximate surface area is 261 Å². The maximum atomic E-state index is 12.9. The normalized spacial score (nSPS) is 17.2. The van der Waals surface area contributed by atoms with Crippen LogP contribution in [0, 0.1) is 6.92 Å². The van der Waals surface area contributed by atoms with Gasteiger partial charge in [0.15, 0.2) is 11.5 Å². The number of anilines is 1. The largest absolute Gasteiger partial charge is 0.461 e. The Hall–Kier alpha value is -4.64. The third-order valence-corrected chi connectivity index (χ3v) is 8.54. The number of hydrogen-bond acceptors (Lipinski definition) is 4. The summed E-state index contributed by atoms with van der Waals surface area (Å²) in [5.74, 6) is 1.28. The molecule has 0 aliphatic carbocycles. The number of carbonyl (C=O) groups excluding carboxylic acids is 1. The van der Waals surface area contributed by atoms with E-state index >= 15 is 0 Å². The Morgan fingerprint density at radius 2 is 1.64 bits per heavy atom. The van der Waals surface area contributed by atoms with Crippen molar-refractivity contribution < 1.29 is 18.8 Å². The highest BCUT2D eigenvalue weighted by molar-refractivity contribution is 6.07. The van der Waals surface area contributed by atoms with Crippen LogP contribution in [0.5, 0.6) is 0 Å². The second-order valence-corrected chi connectivity index (χ2v) is 12.9. The van der Waals surface area contributed by atoms with E-state index in [1.807, 2.05) is 6.92 Å². The van der Waals surface area contributed by atoms with Crippen molar-refractivity contribution in [2.75, 3.05) is 18.0 Å². The van der Waals surface area contributed by atoms with E-state index in [0.29, 0.717) is 23.8 Å². The van der Waals surface area contributed by atoms with Crippen molar-refractivity contribution in [3.05, 3.63) is 132 Å². The quantitative estimate of drug-likeness (QED) is 0.142. The molecule has 0 saturated heterocycles. The molecule has 5 nitrogen and oxygen atoms in total. The molecule has 0 fully saturated rings. The van der Waals surface area contributed by atoms with Gasteiger partial charge in [-0.15, -0.1) is 0 Å². The molecule has 0 bridgehead atoms. The molecular weight excluding hydrogens is 544 g/mol. The van der Waals surface area contributed by atoms with Crippen molar-refractivity contribution in [2.24, 2.45) is 0 Å². The maximum Gasteiger partial charge on any atom is 0.331 e. The number of ether oxygens (including phenoxy) is 2. The zero-order valence-corrected chi connectivity index (χ0v) is 27.1. The Morgan fingerprint density at radius 1 is 0.932 bits per heavy atom. The molecule has 226 valence electrons. The minimum atomic E-state index is -0.340. The van der Waals surface area contributed by atoms with Gasteiger partial charge in [-0.1, -0.05) is 81.6 Å². The van der Waals surface area contributed by atoms with Gasteiger partial charge in [-0.2, -0.15) is 4.58 Å². The first kappa shape index (κ1) is 30.8. The Kier molecular flexibility index (Phi) is 8.02. The van der Waals surface area contributed by atoms with Gasteiger partial charge in [0, 0.05) is 34.5 Å². The summed E-state index contributed by atoms with van der Waals surface area (Å²) in [6.07, 6.45) is 6.42. The second-order valence-electron chi connectivity index (χ2n) is 12.9. The lowest BCUT2D eigenvalue weighted by Crippen LogP contribution is -2.31. The van der Waals surface area contributed by atoms with Crippen molar-refractivity contribution in [3.8, 4) is 0 Å². The molecule has 0 N–H and O–H groups in total. The topological polar surface area (TPSA) is 41.8 Å². The third-order valence-electron chi connectivity index (χ3n) is 8.54. The van der Waals surface area contributed by atoms with Crippen LogP contribution in [-0.4, -0.2) is 29.3 Å². The predicted molar refractivity (Wildman–Crippen MR) is 181 cm³/mol. The molecule has 5 heteroatoms. The summed E-state index contributed by atoms with van der Waals surface area (Å²) < 4.78 is 13.5. The summed E-state index contributed by atoms with van der Waals surface area (Å²) in [6.45, 7) is 27.0. The molecule has 0 aromatic heterocycles. The van der Waals surface area contributed by atoms with Gasteiger partial charge in [0.2, 0.25) is 12.2 Å². The summed E-state index contributed by atoms with van der Waals surface area (Å²) >= 11 is 0. The highest BCUT2D eigenvalue weighted by atomic mass is 16.5. The Morgan fingerprint density at radius 3 is 2.34 bits per heavy atom. The van der Waals surface area contributed by atoms with Crippen molar-refractivity contribution in [3.63, 3.8) is 0 Å². The number of hydrogen-bond donors (Lipinski definition) is 0. The Balaban J connectivity index is 1.61. The molecule has 3 aromatic rings. The molecule has 2 aliphatic heterocycles. The van der Waals surface area contributed by atoms with E-state index in [1.165, 1.54) is 27.5 Å². The highest BCUT2D eigenvalue weighted by Gasteiger charge is 2.46. The molecule has 0 unspecified atom stereocenters. The summed E-state index contributed by atoms with van der Waals surface area (Å²) in [5.41, 5.74) is 7.32. The van der Waals surface area contributed by atoms with E-state index in [0.717, 1.165) is 22.8 Å². The fraction of sp³-hybridized carbons (Fsp3) is 0.282. The van der Waals surface area contributed by atoms with E-state index in [1.54, 1.807) is 6.92 Å². The fourth-order valence-electron chi connectivity index (χ4n) is 6.71. The molecule has 0 amide bonds. The van der Waals surface area contributed by atoms with Gasteiger partial charge in [0.25, 0.3) is 0 Å². The molecule has 44 heavy (non-hydrogen) atoms. The molecule has 2 heterocycles. The van der Waals surface area contributed by atoms with Gasteiger partial charge in [0.1, 0.15) is 6.54 Å². The highest BCUT2D eigenvalue weighted by Crippen LogP contribution is 2.48. The molecule has 0 radical (unpaired) electrons. The maximum absolute atomic E-state index is 12.9. The van der Waals surface area contributed by atoms with Crippen LogP contribution in [0.2, 0.25) is 0 Å². The van der Waals surface area contributed by atoms with E-state index in [-0.39, 0.29) is 23.3 Å². The van der Waals surface area contributed by atoms with E-state index in [9.17, 15) is 4.79 Å². The van der Waals surface area contributed by atoms with E-state index in [4.69, 9.17) is 9.47 Å². The van der Waals surface area contributed by atoms with E-state index < -0.39 is 0 Å². The number of esters is 1. The first-order valence-electron chi connectivity index (χ1n) is 15.0. The molecule has 5 rings (SSSR count). The number of carbonyl (C=O) groups is 1. The van der Waals surface area contributed by atoms with Crippen molar-refractivity contribution >= 4 is 33.8 Å². The molecule has 0 saturated carbocycles. The van der Waals surface area contributed by atoms with Crippen LogP contribution in [0.15, 0.2) is 116 Å². The van der Waals surface area contributed by atoms with Gasteiger partial charge in [-0.3, -0.25) is 0 Å². The van der Waals surface area contributed by atoms with Crippen LogP contribution in [0.4, 0.5) is 11.4 Å². The molecule has 3 aromatic carbocycles. The predicted octanol–water partition coefficient (Wildman–Crippen LogP) is 8.90. The molecule has 0 spiro atoms. The van der Waals surface area contributed by atoms with E-state index in [2.05, 4.69) is 137 Å². The molecule has 2 aliphatic rings. The first-order valence-corrected chi connectivity index (χ1v) is 15.0. The van der Waals surface area contributed by atoms with Crippen LogP contribution in [0.3, 0.4) is 0 Å². The van der Waals surface area contributed by atoms with Gasteiger partial charge >= 0.3 is 5.97 Å². The summed E-state index contributed by atoms with van der Waals surface area (Å²) in [4.78, 5) is 14.9. The van der Waals surface area contributed by atoms with Gasteiger partial charge in [-0.25, -0.2) is 4.79 Å². The van der Waals surface area contributed by atoms with Crippen LogP contribution in [0.1, 0.15) is 58.2 Å². The van der Waals surface area contributed by atoms with Crippen LogP contribution < -0.4 is 4.90 Å². The monoisotopic (exact) mass is 587 g/mol. The smallest absolute Gasteiger partial charge is 0.331 e. The third kappa shape index (κ3) is 5.55. The van der Waals surface area contributed by atoms with Crippen LogP contribution in [-0.2, 0) is 25.1 Å². The van der Waals surface area contributed by atoms with Crippen LogP contribution >= 0.6 is 0 Å². The summed E-state index contributed by atoms with van der Waals surface area (Å²) in [6, 6.07) is 19.3.